The number of benzene rings is 1. The lowest BCUT2D eigenvalue weighted by Gasteiger charge is -2.36. The van der Waals surface area contributed by atoms with E-state index in [1.807, 2.05) is 36.9 Å². The van der Waals surface area contributed by atoms with E-state index in [1.54, 1.807) is 0 Å². The van der Waals surface area contributed by atoms with Gasteiger partial charge in [-0.25, -0.2) is 4.79 Å². The van der Waals surface area contributed by atoms with Gasteiger partial charge in [0.15, 0.2) is 0 Å². The lowest BCUT2D eigenvalue weighted by molar-refractivity contribution is -0.117. The van der Waals surface area contributed by atoms with Gasteiger partial charge in [0, 0.05) is 37.9 Å². The second kappa shape index (κ2) is 9.41. The van der Waals surface area contributed by atoms with Crippen LogP contribution in [0.15, 0.2) is 18.2 Å². The third-order valence-corrected chi connectivity index (χ3v) is 6.25. The number of carbonyl (C=O) groups excluding carboxylic acids is 2. The van der Waals surface area contributed by atoms with Gasteiger partial charge in [-0.05, 0) is 62.6 Å². The van der Waals surface area contributed by atoms with Crippen LogP contribution in [0.2, 0.25) is 0 Å². The average Bonchev–Trinajstić information content (AvgIpc) is 2.68. The first kappa shape index (κ1) is 20.6. The van der Waals surface area contributed by atoms with Crippen molar-refractivity contribution in [2.75, 3.05) is 38.0 Å². The quantitative estimate of drug-likeness (QED) is 0.835. The van der Waals surface area contributed by atoms with Crippen LogP contribution >= 0.6 is 0 Å². The van der Waals surface area contributed by atoms with Gasteiger partial charge in [0.1, 0.15) is 0 Å². The van der Waals surface area contributed by atoms with E-state index in [1.165, 1.54) is 18.4 Å². The van der Waals surface area contributed by atoms with Crippen molar-refractivity contribution in [2.45, 2.75) is 52.5 Å². The molecule has 1 saturated heterocycles. The predicted octanol–water partition coefficient (Wildman–Crippen LogP) is 3.15. The van der Waals surface area contributed by atoms with Crippen LogP contribution in [0.1, 0.15) is 43.7 Å². The van der Waals surface area contributed by atoms with Crippen molar-refractivity contribution in [1.82, 2.24) is 15.1 Å². The molecule has 6 nitrogen and oxygen atoms in total. The number of piperazine rings is 1. The highest BCUT2D eigenvalue weighted by atomic mass is 16.2. The zero-order valence-electron chi connectivity index (χ0n) is 17.5. The average molecular weight is 387 g/mol. The van der Waals surface area contributed by atoms with Crippen LogP contribution in [0.3, 0.4) is 0 Å². The van der Waals surface area contributed by atoms with Gasteiger partial charge in [0.05, 0.1) is 6.54 Å². The molecule has 0 radical (unpaired) electrons. The van der Waals surface area contributed by atoms with Crippen LogP contribution in [0.5, 0.6) is 0 Å². The molecule has 0 bridgehead atoms. The maximum atomic E-state index is 12.5. The Morgan fingerprint density at radius 2 is 1.71 bits per heavy atom. The van der Waals surface area contributed by atoms with E-state index < -0.39 is 0 Å². The van der Waals surface area contributed by atoms with E-state index in [4.69, 9.17) is 0 Å². The Bertz CT molecular complexity index is 690. The number of amides is 3. The summed E-state index contributed by atoms with van der Waals surface area (Å²) in [5, 5.41) is 6.21. The summed E-state index contributed by atoms with van der Waals surface area (Å²) in [7, 11) is 0. The number of nitrogens with zero attached hydrogens (tertiary/aromatic N) is 2. The summed E-state index contributed by atoms with van der Waals surface area (Å²) in [5.41, 5.74) is 3.16. The monoisotopic (exact) mass is 386 g/mol. The molecule has 28 heavy (non-hydrogen) atoms. The zero-order valence-corrected chi connectivity index (χ0v) is 17.5. The second-order valence-corrected chi connectivity index (χ2v) is 8.47. The molecule has 1 aromatic carbocycles. The smallest absolute Gasteiger partial charge is 0.317 e. The number of carbonyl (C=O) groups is 2. The molecule has 1 heterocycles. The van der Waals surface area contributed by atoms with E-state index in [0.717, 1.165) is 43.1 Å². The zero-order chi connectivity index (χ0) is 20.1. The van der Waals surface area contributed by atoms with Crippen molar-refractivity contribution in [3.63, 3.8) is 0 Å². The van der Waals surface area contributed by atoms with Crippen LogP contribution < -0.4 is 10.6 Å². The largest absolute Gasteiger partial charge is 0.335 e. The molecule has 6 heteroatoms. The minimum Gasteiger partial charge on any atom is -0.335 e. The Labute approximate surface area is 168 Å². The fourth-order valence-corrected chi connectivity index (χ4v) is 4.06. The van der Waals surface area contributed by atoms with E-state index >= 15 is 0 Å². The molecule has 2 fully saturated rings. The summed E-state index contributed by atoms with van der Waals surface area (Å²) in [6, 6.07) is 6.32. The predicted molar refractivity (Wildman–Crippen MR) is 113 cm³/mol. The Hall–Kier alpha value is -2.08. The SMILES string of the molecule is Cc1cccc(NC(=O)CN2CCN(C(=O)NC3CCC(C)CC3)CC2)c1C. The second-order valence-electron chi connectivity index (χ2n) is 8.47. The van der Waals surface area contributed by atoms with Gasteiger partial charge < -0.3 is 15.5 Å². The fraction of sp³-hybridized carbons (Fsp3) is 0.636. The maximum absolute atomic E-state index is 12.5. The number of rotatable bonds is 4. The molecule has 1 saturated carbocycles. The topological polar surface area (TPSA) is 64.7 Å². The van der Waals surface area contributed by atoms with Gasteiger partial charge in [-0.2, -0.15) is 0 Å². The van der Waals surface area contributed by atoms with Gasteiger partial charge in [0.25, 0.3) is 0 Å². The third kappa shape index (κ3) is 5.47. The van der Waals surface area contributed by atoms with Crippen molar-refractivity contribution in [3.05, 3.63) is 29.3 Å². The van der Waals surface area contributed by atoms with Crippen molar-refractivity contribution >= 4 is 17.6 Å². The van der Waals surface area contributed by atoms with E-state index in [9.17, 15) is 9.59 Å². The van der Waals surface area contributed by atoms with E-state index in [0.29, 0.717) is 25.7 Å². The standard InChI is InChI=1S/C22H34N4O2/c1-16-7-9-19(10-8-16)23-22(28)26-13-11-25(12-14-26)15-21(27)24-20-6-4-5-17(2)18(20)3/h4-6,16,19H,7-15H2,1-3H3,(H,23,28)(H,24,27). The summed E-state index contributed by atoms with van der Waals surface area (Å²) in [5.74, 6) is 0.786. The van der Waals surface area contributed by atoms with E-state index in [2.05, 4.69) is 22.5 Å². The minimum atomic E-state index is 0.00271. The maximum Gasteiger partial charge on any atom is 0.317 e. The van der Waals surface area contributed by atoms with Crippen LogP contribution in [0.25, 0.3) is 0 Å². The van der Waals surface area contributed by atoms with Crippen LogP contribution in [0.4, 0.5) is 10.5 Å². The van der Waals surface area contributed by atoms with Gasteiger partial charge in [-0.15, -0.1) is 0 Å². The van der Waals surface area contributed by atoms with Gasteiger partial charge in [-0.1, -0.05) is 19.1 Å². The molecule has 1 aromatic rings. The number of aryl methyl sites for hydroxylation is 1. The Morgan fingerprint density at radius 3 is 2.39 bits per heavy atom. The molecule has 0 spiro atoms. The molecular formula is C22H34N4O2. The first-order valence-corrected chi connectivity index (χ1v) is 10.6. The molecule has 1 aliphatic carbocycles. The fourth-order valence-electron chi connectivity index (χ4n) is 4.06. The van der Waals surface area contributed by atoms with Crippen molar-refractivity contribution in [2.24, 2.45) is 5.92 Å². The lowest BCUT2D eigenvalue weighted by Crippen LogP contribution is -2.54. The van der Waals surface area contributed by atoms with Crippen LogP contribution in [-0.2, 0) is 4.79 Å². The van der Waals surface area contributed by atoms with Gasteiger partial charge in [0.2, 0.25) is 5.91 Å². The molecule has 1 aliphatic heterocycles. The van der Waals surface area contributed by atoms with E-state index in [-0.39, 0.29) is 11.9 Å². The van der Waals surface area contributed by atoms with Gasteiger partial charge >= 0.3 is 6.03 Å². The molecule has 0 atom stereocenters. The summed E-state index contributed by atoms with van der Waals surface area (Å²) in [6.07, 6.45) is 4.58. The Morgan fingerprint density at radius 1 is 1.04 bits per heavy atom. The Kier molecular flexibility index (Phi) is 6.94. The van der Waals surface area contributed by atoms with Gasteiger partial charge in [-0.3, -0.25) is 9.69 Å². The molecular weight excluding hydrogens is 352 g/mol. The molecule has 2 N–H and O–H groups in total. The molecule has 3 amide bonds. The highest BCUT2D eigenvalue weighted by molar-refractivity contribution is 5.93. The number of anilines is 1. The normalized spacial score (nSPS) is 23.3. The van der Waals surface area contributed by atoms with Crippen molar-refractivity contribution in [1.29, 1.82) is 0 Å². The summed E-state index contributed by atoms with van der Waals surface area (Å²) < 4.78 is 0. The minimum absolute atomic E-state index is 0.00271. The van der Waals surface area contributed by atoms with Crippen molar-refractivity contribution < 1.29 is 9.59 Å². The highest BCUT2D eigenvalue weighted by Gasteiger charge is 2.25. The Balaban J connectivity index is 1.40. The lowest BCUT2D eigenvalue weighted by atomic mass is 9.87. The first-order chi connectivity index (χ1) is 13.4. The summed E-state index contributed by atoms with van der Waals surface area (Å²) in [4.78, 5) is 28.9. The molecule has 0 aromatic heterocycles. The van der Waals surface area contributed by atoms with Crippen molar-refractivity contribution in [3.8, 4) is 0 Å². The molecule has 154 valence electrons. The summed E-state index contributed by atoms with van der Waals surface area (Å²) in [6.45, 7) is 9.53. The number of hydrogen-bond donors (Lipinski definition) is 2. The molecule has 3 rings (SSSR count). The molecule has 2 aliphatic rings. The molecule has 0 unspecified atom stereocenters. The number of urea groups is 1. The number of hydrogen-bond acceptors (Lipinski definition) is 3. The summed E-state index contributed by atoms with van der Waals surface area (Å²) >= 11 is 0. The highest BCUT2D eigenvalue weighted by Crippen LogP contribution is 2.23. The van der Waals surface area contributed by atoms with Crippen LogP contribution in [0, 0.1) is 19.8 Å². The first-order valence-electron chi connectivity index (χ1n) is 10.6. The third-order valence-electron chi connectivity index (χ3n) is 6.25. The van der Waals surface area contributed by atoms with Crippen LogP contribution in [-0.4, -0.2) is 60.5 Å². The number of nitrogens with one attached hydrogen (secondary N) is 2.